The van der Waals surface area contributed by atoms with E-state index in [-0.39, 0.29) is 35.2 Å². The number of anilines is 1. The van der Waals surface area contributed by atoms with Crippen LogP contribution in [-0.2, 0) is 9.59 Å². The van der Waals surface area contributed by atoms with Gasteiger partial charge < -0.3 is 4.90 Å². The van der Waals surface area contributed by atoms with E-state index in [9.17, 15) is 14.4 Å². The lowest BCUT2D eigenvalue weighted by Crippen LogP contribution is -2.45. The minimum Gasteiger partial charge on any atom is -0.338 e. The van der Waals surface area contributed by atoms with Crippen molar-refractivity contribution >= 4 is 23.5 Å². The number of amides is 4. The Bertz CT molecular complexity index is 863. The smallest absolute Gasteiger partial charge is 0.332 e. The molecule has 29 heavy (non-hydrogen) atoms. The van der Waals surface area contributed by atoms with Crippen molar-refractivity contribution in [2.45, 2.75) is 66.0 Å². The molecule has 1 aromatic carbocycles. The molecule has 1 saturated carbocycles. The highest BCUT2D eigenvalue weighted by Gasteiger charge is 2.52. The summed E-state index contributed by atoms with van der Waals surface area (Å²) >= 11 is 0. The summed E-state index contributed by atoms with van der Waals surface area (Å²) in [6, 6.07) is 6.71. The number of hydrogen-bond donors (Lipinski definition) is 0. The maximum atomic E-state index is 13.1. The second-order valence-corrected chi connectivity index (χ2v) is 10.3. The van der Waals surface area contributed by atoms with Crippen LogP contribution in [0.25, 0.3) is 0 Å². The summed E-state index contributed by atoms with van der Waals surface area (Å²) in [5, 5.41) is 0. The number of nitrogens with zero attached hydrogens (tertiary/aromatic N) is 3. The third kappa shape index (κ3) is 3.43. The van der Waals surface area contributed by atoms with Gasteiger partial charge in [-0.1, -0.05) is 38.5 Å². The van der Waals surface area contributed by atoms with Crippen LogP contribution in [0.15, 0.2) is 24.3 Å². The fourth-order valence-electron chi connectivity index (χ4n) is 5.89. The van der Waals surface area contributed by atoms with Crippen LogP contribution in [0.3, 0.4) is 0 Å². The highest BCUT2D eigenvalue weighted by molar-refractivity contribution is 6.15. The first-order valence-corrected chi connectivity index (χ1v) is 10.5. The molecular weight excluding hydrogens is 366 g/mol. The number of hydrogen-bond acceptors (Lipinski definition) is 3. The van der Waals surface area contributed by atoms with Crippen molar-refractivity contribution in [3.8, 4) is 0 Å². The van der Waals surface area contributed by atoms with Gasteiger partial charge in [-0.3, -0.25) is 19.4 Å². The van der Waals surface area contributed by atoms with Crippen LogP contribution in [0.5, 0.6) is 0 Å². The molecule has 156 valence electrons. The van der Waals surface area contributed by atoms with E-state index in [0.29, 0.717) is 12.2 Å². The fraction of sp³-hybridized carbons (Fsp3) is 0.609. The molecule has 2 heterocycles. The molecule has 4 amide bonds. The quantitative estimate of drug-likeness (QED) is 0.733. The van der Waals surface area contributed by atoms with Crippen molar-refractivity contribution < 1.29 is 14.4 Å². The Morgan fingerprint density at radius 1 is 1.10 bits per heavy atom. The van der Waals surface area contributed by atoms with Gasteiger partial charge in [0.05, 0.1) is 0 Å². The number of carbonyl (C=O) groups excluding carboxylic acids is 3. The summed E-state index contributed by atoms with van der Waals surface area (Å²) < 4.78 is 0. The molecule has 2 bridgehead atoms. The first-order valence-electron chi connectivity index (χ1n) is 10.5. The topological polar surface area (TPSA) is 60.9 Å². The Hall–Kier alpha value is -2.37. The van der Waals surface area contributed by atoms with Crippen molar-refractivity contribution in [3.05, 3.63) is 29.8 Å². The Kier molecular flexibility index (Phi) is 4.52. The molecule has 0 unspecified atom stereocenters. The summed E-state index contributed by atoms with van der Waals surface area (Å²) in [6.45, 7) is 11.0. The van der Waals surface area contributed by atoms with Gasteiger partial charge in [-0.25, -0.2) is 4.79 Å². The van der Waals surface area contributed by atoms with Gasteiger partial charge in [0, 0.05) is 18.3 Å². The molecule has 6 heteroatoms. The number of benzene rings is 1. The first kappa shape index (κ1) is 19.9. The first-order chi connectivity index (χ1) is 13.5. The Morgan fingerprint density at radius 3 is 2.41 bits per heavy atom. The zero-order valence-corrected chi connectivity index (χ0v) is 18.1. The molecule has 4 rings (SSSR count). The molecule has 1 aliphatic carbocycles. The van der Waals surface area contributed by atoms with Gasteiger partial charge in [-0.2, -0.15) is 0 Å². The van der Waals surface area contributed by atoms with Crippen LogP contribution in [0, 0.1) is 17.8 Å². The fourth-order valence-corrected chi connectivity index (χ4v) is 5.89. The molecule has 0 aromatic heterocycles. The van der Waals surface area contributed by atoms with Gasteiger partial charge in [0.15, 0.2) is 0 Å². The molecule has 0 radical (unpaired) electrons. The zero-order chi connectivity index (χ0) is 21.1. The number of urea groups is 1. The molecule has 3 aliphatic rings. The van der Waals surface area contributed by atoms with Gasteiger partial charge in [0.2, 0.25) is 5.91 Å². The summed E-state index contributed by atoms with van der Waals surface area (Å²) in [6.07, 6.45) is 3.08. The van der Waals surface area contributed by atoms with E-state index in [1.54, 1.807) is 6.92 Å². The van der Waals surface area contributed by atoms with E-state index >= 15 is 0 Å². The van der Waals surface area contributed by atoms with Crippen LogP contribution in [0.2, 0.25) is 0 Å². The van der Waals surface area contributed by atoms with Crippen molar-refractivity contribution in [1.82, 2.24) is 9.80 Å². The molecule has 3 atom stereocenters. The average molecular weight is 398 g/mol. The molecule has 6 nitrogen and oxygen atoms in total. The van der Waals surface area contributed by atoms with Crippen molar-refractivity contribution in [1.29, 1.82) is 0 Å². The largest absolute Gasteiger partial charge is 0.338 e. The second-order valence-electron chi connectivity index (χ2n) is 10.3. The monoisotopic (exact) mass is 397 g/mol. The predicted molar refractivity (Wildman–Crippen MR) is 111 cm³/mol. The van der Waals surface area contributed by atoms with Crippen molar-refractivity contribution in [2.24, 2.45) is 10.8 Å². The zero-order valence-electron chi connectivity index (χ0n) is 18.1. The summed E-state index contributed by atoms with van der Waals surface area (Å²) in [4.78, 5) is 43.5. The van der Waals surface area contributed by atoms with Crippen LogP contribution in [0.4, 0.5) is 10.5 Å². The number of likely N-dealkylation sites (tertiary alicyclic amines) is 1. The number of imide groups is 1. The van der Waals surface area contributed by atoms with Crippen LogP contribution in [0.1, 0.15) is 52.5 Å². The molecule has 3 fully saturated rings. The lowest BCUT2D eigenvalue weighted by atomic mass is 9.65. The van der Waals surface area contributed by atoms with E-state index < -0.39 is 12.1 Å². The summed E-state index contributed by atoms with van der Waals surface area (Å²) in [5.41, 5.74) is 2.11. The number of aryl methyl sites for hydroxylation is 1. The minimum absolute atomic E-state index is 0.115. The maximum absolute atomic E-state index is 13.1. The van der Waals surface area contributed by atoms with Gasteiger partial charge in [0.1, 0.15) is 12.6 Å². The molecule has 1 aromatic rings. The SMILES string of the molecule is Cc1ccc(N2C(=O)N(CC(=O)N3C[C@@]4(C)C[C@H]3CC(C)(C)C4)C(=O)[C@@H]2C)cc1. The Labute approximate surface area is 172 Å². The predicted octanol–water partition coefficient (Wildman–Crippen LogP) is 3.58. The number of carbonyl (C=O) groups is 3. The maximum Gasteiger partial charge on any atom is 0.332 e. The molecule has 2 aliphatic heterocycles. The highest BCUT2D eigenvalue weighted by Crippen LogP contribution is 2.52. The van der Waals surface area contributed by atoms with Gasteiger partial charge in [0.25, 0.3) is 5.91 Å². The summed E-state index contributed by atoms with van der Waals surface area (Å²) in [5.74, 6) is -0.422. The number of fused-ring (bicyclic) bond motifs is 2. The Morgan fingerprint density at radius 2 is 1.76 bits per heavy atom. The van der Waals surface area contributed by atoms with Gasteiger partial charge >= 0.3 is 6.03 Å². The standard InChI is InChI=1S/C23H31N3O3/c1-15-6-8-17(9-7-15)26-16(2)20(28)24(21(26)29)12-19(27)25-14-23(5)11-18(25)10-22(3,4)13-23/h6-9,16,18H,10-14H2,1-5H3/t16-,18+,23-/m0/s1. The van der Waals surface area contributed by atoms with Crippen molar-refractivity contribution in [2.75, 3.05) is 18.0 Å². The van der Waals surface area contributed by atoms with Gasteiger partial charge in [-0.05, 0) is 56.1 Å². The molecule has 0 N–H and O–H groups in total. The third-order valence-corrected chi connectivity index (χ3v) is 6.79. The van der Waals surface area contributed by atoms with Crippen LogP contribution < -0.4 is 4.90 Å². The van der Waals surface area contributed by atoms with Crippen LogP contribution >= 0.6 is 0 Å². The average Bonchev–Trinajstić information content (AvgIpc) is 2.99. The molecular formula is C23H31N3O3. The van der Waals surface area contributed by atoms with Crippen LogP contribution in [-0.4, -0.2) is 52.8 Å². The number of rotatable bonds is 3. The lowest BCUT2D eigenvalue weighted by Gasteiger charge is -2.39. The minimum atomic E-state index is -0.604. The summed E-state index contributed by atoms with van der Waals surface area (Å²) in [7, 11) is 0. The Balaban J connectivity index is 1.51. The van der Waals surface area contributed by atoms with E-state index in [1.807, 2.05) is 36.1 Å². The van der Waals surface area contributed by atoms with E-state index in [2.05, 4.69) is 20.8 Å². The lowest BCUT2D eigenvalue weighted by molar-refractivity contribution is -0.138. The second kappa shape index (κ2) is 6.57. The molecule has 0 spiro atoms. The van der Waals surface area contributed by atoms with E-state index in [4.69, 9.17) is 0 Å². The molecule has 2 saturated heterocycles. The highest BCUT2D eigenvalue weighted by atomic mass is 16.2. The van der Waals surface area contributed by atoms with E-state index in [1.165, 1.54) is 4.90 Å². The van der Waals surface area contributed by atoms with E-state index in [0.717, 1.165) is 29.7 Å². The van der Waals surface area contributed by atoms with Crippen molar-refractivity contribution in [3.63, 3.8) is 0 Å². The van der Waals surface area contributed by atoms with Gasteiger partial charge in [-0.15, -0.1) is 0 Å². The third-order valence-electron chi connectivity index (χ3n) is 6.79. The normalized spacial score (nSPS) is 31.0.